The van der Waals surface area contributed by atoms with E-state index in [-0.39, 0.29) is 40.8 Å². The number of nitrogens with two attached hydrogens (primary N) is 1. The molecule has 0 radical (unpaired) electrons. The van der Waals surface area contributed by atoms with E-state index in [0.717, 1.165) is 57.8 Å². The van der Waals surface area contributed by atoms with Crippen molar-refractivity contribution >= 4 is 5.97 Å². The summed E-state index contributed by atoms with van der Waals surface area (Å²) in [6.45, 7) is 6.52. The van der Waals surface area contributed by atoms with E-state index in [2.05, 4.69) is 13.8 Å². The van der Waals surface area contributed by atoms with Gasteiger partial charge in [0.05, 0.1) is 36.4 Å². The Hall–Kier alpha value is -0.810. The molecule has 2 aliphatic heterocycles. The van der Waals surface area contributed by atoms with E-state index in [0.29, 0.717) is 17.8 Å². The van der Waals surface area contributed by atoms with Crippen LogP contribution in [0.2, 0.25) is 0 Å². The van der Waals surface area contributed by atoms with Gasteiger partial charge in [0.25, 0.3) is 0 Å². The summed E-state index contributed by atoms with van der Waals surface area (Å²) in [7, 11) is 0. The van der Waals surface area contributed by atoms with Crippen molar-refractivity contribution in [3.63, 3.8) is 0 Å². The van der Waals surface area contributed by atoms with Crippen LogP contribution in [0.5, 0.6) is 0 Å². The molecule has 2 saturated heterocycles. The van der Waals surface area contributed by atoms with Gasteiger partial charge in [-0.3, -0.25) is 4.79 Å². The van der Waals surface area contributed by atoms with Gasteiger partial charge in [0.2, 0.25) is 0 Å². The molecule has 6 fully saturated rings. The molecule has 0 spiro atoms. The molecule has 0 unspecified atom stereocenters. The zero-order chi connectivity index (χ0) is 27.2. The number of aliphatic hydroxyl groups excluding tert-OH is 3. The maximum absolute atomic E-state index is 11.6. The monoisotopic (exact) mass is 537 g/mol. The summed E-state index contributed by atoms with van der Waals surface area (Å²) in [5, 5.41) is 41.2. The Bertz CT molecular complexity index is 934. The summed E-state index contributed by atoms with van der Waals surface area (Å²) in [6, 6.07) is -0.792. The van der Waals surface area contributed by atoms with Gasteiger partial charge in [0.15, 0.2) is 12.6 Å². The van der Waals surface area contributed by atoms with Crippen LogP contribution in [0.3, 0.4) is 0 Å². The quantitative estimate of drug-likeness (QED) is 0.340. The minimum Gasteiger partial charge on any atom is -0.481 e. The van der Waals surface area contributed by atoms with Crippen LogP contribution in [0.4, 0.5) is 0 Å². The van der Waals surface area contributed by atoms with Gasteiger partial charge in [0.1, 0.15) is 6.10 Å². The molecule has 9 nitrogen and oxygen atoms in total. The van der Waals surface area contributed by atoms with Gasteiger partial charge in [-0.2, -0.15) is 0 Å². The maximum atomic E-state index is 11.6. The first kappa shape index (κ1) is 27.4. The van der Waals surface area contributed by atoms with E-state index in [9.17, 15) is 25.2 Å². The molecule has 6 rings (SSSR count). The minimum atomic E-state index is -1.06. The summed E-state index contributed by atoms with van der Waals surface area (Å²) in [6.07, 6.45) is 4.57. The van der Waals surface area contributed by atoms with Crippen LogP contribution in [0.1, 0.15) is 85.0 Å². The zero-order valence-corrected chi connectivity index (χ0v) is 23.0. The molecule has 0 aromatic heterocycles. The number of ether oxygens (including phenoxy) is 3. The van der Waals surface area contributed by atoms with Crippen LogP contribution >= 0.6 is 0 Å². The molecule has 38 heavy (non-hydrogen) atoms. The predicted molar refractivity (Wildman–Crippen MR) is 136 cm³/mol. The molecule has 9 heteroatoms. The van der Waals surface area contributed by atoms with E-state index >= 15 is 0 Å². The van der Waals surface area contributed by atoms with E-state index in [1.807, 2.05) is 0 Å². The third kappa shape index (κ3) is 3.79. The molecule has 0 aromatic rings. The summed E-state index contributed by atoms with van der Waals surface area (Å²) in [4.78, 5) is 11.6. The number of carbonyl (C=O) groups is 1. The van der Waals surface area contributed by atoms with Gasteiger partial charge in [-0.15, -0.1) is 0 Å². The number of hydrogen-bond acceptors (Lipinski definition) is 8. The van der Waals surface area contributed by atoms with Gasteiger partial charge in [-0.05, 0) is 93.8 Å². The van der Waals surface area contributed by atoms with Crippen molar-refractivity contribution in [3.05, 3.63) is 0 Å². The molecule has 0 amide bonds. The molecule has 4 saturated carbocycles. The molecule has 4 aliphatic carbocycles. The Kier molecular flexibility index (Phi) is 6.74. The third-order valence-corrected chi connectivity index (χ3v) is 12.7. The first-order valence-corrected chi connectivity index (χ1v) is 14.9. The summed E-state index contributed by atoms with van der Waals surface area (Å²) < 4.78 is 18.7. The Morgan fingerprint density at radius 3 is 2.45 bits per heavy atom. The van der Waals surface area contributed by atoms with Crippen molar-refractivity contribution in [1.29, 1.82) is 0 Å². The highest BCUT2D eigenvalue weighted by molar-refractivity contribution is 5.67. The minimum absolute atomic E-state index is 0.0219. The molecule has 2 bridgehead atoms. The van der Waals surface area contributed by atoms with Gasteiger partial charge < -0.3 is 40.4 Å². The Morgan fingerprint density at radius 1 is 0.974 bits per heavy atom. The van der Waals surface area contributed by atoms with Crippen LogP contribution < -0.4 is 5.73 Å². The number of aliphatic hydroxyl groups is 3. The van der Waals surface area contributed by atoms with E-state index < -0.39 is 42.9 Å². The fraction of sp³-hybridized carbons (Fsp3) is 0.966. The Labute approximate surface area is 225 Å². The molecule has 6 N–H and O–H groups in total. The third-order valence-electron chi connectivity index (χ3n) is 12.7. The van der Waals surface area contributed by atoms with Crippen molar-refractivity contribution in [3.8, 4) is 0 Å². The lowest BCUT2D eigenvalue weighted by Crippen LogP contribution is -2.67. The van der Waals surface area contributed by atoms with Crippen molar-refractivity contribution in [1.82, 2.24) is 0 Å². The second kappa shape index (κ2) is 9.36. The topological polar surface area (TPSA) is 152 Å². The standard InChI is InChI=1S/C29H47NO8/c1-14-23(33)22(30)24(34)26(36-14)37-16-6-9-27(2)15(12-16)4-5-20-19(27)7-10-28(3)18-8-11-29(20,28)38-25(35)17(18)13-21(31)32/h14-20,22-26,33-35H,4-13,30H2,1-3H3,(H,31,32)/t14-,15-,16+,17+,18-,19+,20-,22+,23-,24+,25-,26-,27+,28-,29+/m1/s1. The average Bonchev–Trinajstić information content (AvgIpc) is 3.07. The molecule has 6 aliphatic rings. The zero-order valence-electron chi connectivity index (χ0n) is 23.0. The Balaban J connectivity index is 1.18. The fourth-order valence-electron chi connectivity index (χ4n) is 10.6. The Morgan fingerprint density at radius 2 is 1.71 bits per heavy atom. The number of hydrogen-bond donors (Lipinski definition) is 5. The lowest BCUT2D eigenvalue weighted by atomic mass is 9.42. The molecule has 0 aromatic carbocycles. The summed E-state index contributed by atoms with van der Waals surface area (Å²) >= 11 is 0. The molecular weight excluding hydrogens is 490 g/mol. The van der Waals surface area contributed by atoms with Gasteiger partial charge >= 0.3 is 5.97 Å². The molecule has 15 atom stereocenters. The lowest BCUT2D eigenvalue weighted by Gasteiger charge is -2.67. The maximum Gasteiger partial charge on any atom is 0.303 e. The summed E-state index contributed by atoms with van der Waals surface area (Å²) in [5.41, 5.74) is 5.71. The second-order valence-corrected chi connectivity index (χ2v) is 14.1. The number of rotatable bonds is 4. The lowest BCUT2D eigenvalue weighted by molar-refractivity contribution is -0.334. The smallest absolute Gasteiger partial charge is 0.303 e. The van der Waals surface area contributed by atoms with E-state index in [1.165, 1.54) is 0 Å². The number of carboxylic acids is 1. The number of aliphatic carboxylic acids is 1. The van der Waals surface area contributed by atoms with Crippen LogP contribution in [0.25, 0.3) is 0 Å². The highest BCUT2D eigenvalue weighted by atomic mass is 16.7. The first-order chi connectivity index (χ1) is 17.9. The van der Waals surface area contributed by atoms with Crippen LogP contribution in [-0.4, -0.2) is 75.0 Å². The number of fused-ring (bicyclic) bond motifs is 3. The van der Waals surface area contributed by atoms with Crippen molar-refractivity contribution in [2.24, 2.45) is 46.2 Å². The second-order valence-electron chi connectivity index (χ2n) is 14.1. The largest absolute Gasteiger partial charge is 0.481 e. The SMILES string of the molecule is C[C@H]1O[C@H](O[C@H]2CC[C@@]3(C)[C@H](CC[C@@H]4[C@@H]3CC[C@]3(C)[C@@H]5CC[C@]43O[C@@H](O)[C@H]5CC(=O)O)C2)[C@@H](O)[C@@H](N)[C@@H]1O. The van der Waals surface area contributed by atoms with Gasteiger partial charge in [-0.1, -0.05) is 13.8 Å². The van der Waals surface area contributed by atoms with Gasteiger partial charge in [-0.25, -0.2) is 0 Å². The van der Waals surface area contributed by atoms with E-state index in [4.69, 9.17) is 19.9 Å². The first-order valence-electron chi connectivity index (χ1n) is 14.9. The van der Waals surface area contributed by atoms with Crippen molar-refractivity contribution in [2.45, 2.75) is 134 Å². The average molecular weight is 538 g/mol. The highest BCUT2D eigenvalue weighted by Gasteiger charge is 2.72. The summed E-state index contributed by atoms with van der Waals surface area (Å²) in [5.74, 6) is 0.350. The fourth-order valence-corrected chi connectivity index (χ4v) is 10.6. The molecular formula is C29H47NO8. The van der Waals surface area contributed by atoms with Crippen LogP contribution in [0, 0.1) is 40.4 Å². The molecule has 216 valence electrons. The molecule has 2 heterocycles. The van der Waals surface area contributed by atoms with Crippen LogP contribution in [-0.2, 0) is 19.0 Å². The van der Waals surface area contributed by atoms with E-state index in [1.54, 1.807) is 6.92 Å². The van der Waals surface area contributed by atoms with Gasteiger partial charge in [0, 0.05) is 11.3 Å². The number of carboxylic acid groups (broad SMARTS) is 1. The van der Waals surface area contributed by atoms with Crippen LogP contribution in [0.15, 0.2) is 0 Å². The normalized spacial score (nSPS) is 58.0. The van der Waals surface area contributed by atoms with Crippen molar-refractivity contribution in [2.75, 3.05) is 0 Å². The highest BCUT2D eigenvalue weighted by Crippen LogP contribution is 2.73. The van der Waals surface area contributed by atoms with Crippen molar-refractivity contribution < 1.29 is 39.4 Å². The predicted octanol–water partition coefficient (Wildman–Crippen LogP) is 2.39.